The Morgan fingerprint density at radius 2 is 1.19 bits per heavy atom. The molecule has 252 valence electrons. The van der Waals surface area contributed by atoms with Crippen molar-refractivity contribution in [1.29, 1.82) is 0 Å². The molecule has 9 nitrogen and oxygen atoms in total. The number of carbonyl (C=O) groups is 2. The molecular formula is C33H62NO8P. The van der Waals surface area contributed by atoms with Crippen LogP contribution in [0.1, 0.15) is 142 Å². The largest absolute Gasteiger partial charge is 0.472 e. The van der Waals surface area contributed by atoms with Crippen LogP contribution in [-0.4, -0.2) is 49.3 Å². The Hall–Kier alpha value is -1.51. The van der Waals surface area contributed by atoms with Gasteiger partial charge in [-0.25, -0.2) is 4.57 Å². The van der Waals surface area contributed by atoms with Crippen molar-refractivity contribution in [1.82, 2.24) is 0 Å². The topological polar surface area (TPSA) is 134 Å². The zero-order valence-corrected chi connectivity index (χ0v) is 28.1. The van der Waals surface area contributed by atoms with Gasteiger partial charge in [-0.15, -0.1) is 0 Å². The highest BCUT2D eigenvalue weighted by atomic mass is 31.2. The molecule has 0 aliphatic rings. The fourth-order valence-electron chi connectivity index (χ4n) is 4.33. The fraction of sp³-hybridized carbons (Fsp3) is 0.818. The van der Waals surface area contributed by atoms with Crippen LogP contribution in [-0.2, 0) is 32.7 Å². The lowest BCUT2D eigenvalue weighted by Crippen LogP contribution is -2.29. The Balaban J connectivity index is 4.29. The molecule has 0 aromatic rings. The minimum absolute atomic E-state index is 0.0514. The van der Waals surface area contributed by atoms with E-state index in [0.717, 1.165) is 57.8 Å². The molecule has 0 aliphatic heterocycles. The van der Waals surface area contributed by atoms with Gasteiger partial charge in [0.15, 0.2) is 6.10 Å². The van der Waals surface area contributed by atoms with Crippen LogP contribution >= 0.6 is 7.82 Å². The van der Waals surface area contributed by atoms with Gasteiger partial charge in [-0.1, -0.05) is 115 Å². The number of nitrogens with two attached hydrogens (primary N) is 1. The van der Waals surface area contributed by atoms with Crippen molar-refractivity contribution < 1.29 is 37.6 Å². The van der Waals surface area contributed by atoms with E-state index in [0.29, 0.717) is 6.42 Å². The van der Waals surface area contributed by atoms with Crippen LogP contribution in [0.2, 0.25) is 0 Å². The van der Waals surface area contributed by atoms with Crippen LogP contribution in [0.3, 0.4) is 0 Å². The quantitative estimate of drug-likeness (QED) is 0.0334. The predicted molar refractivity (Wildman–Crippen MR) is 174 cm³/mol. The third-order valence-corrected chi connectivity index (χ3v) is 7.85. The summed E-state index contributed by atoms with van der Waals surface area (Å²) in [5, 5.41) is 0. The number of hydrogen-bond donors (Lipinski definition) is 2. The second-order valence-electron chi connectivity index (χ2n) is 11.1. The van der Waals surface area contributed by atoms with Gasteiger partial charge in [0.05, 0.1) is 13.2 Å². The lowest BCUT2D eigenvalue weighted by atomic mass is 10.1. The first-order chi connectivity index (χ1) is 20.8. The van der Waals surface area contributed by atoms with E-state index in [-0.39, 0.29) is 32.6 Å². The molecule has 0 fully saturated rings. The van der Waals surface area contributed by atoms with E-state index in [4.69, 9.17) is 24.3 Å². The highest BCUT2D eigenvalue weighted by Gasteiger charge is 2.25. The smallest absolute Gasteiger partial charge is 0.462 e. The van der Waals surface area contributed by atoms with Crippen LogP contribution in [0.15, 0.2) is 24.3 Å². The Labute approximate surface area is 261 Å². The fourth-order valence-corrected chi connectivity index (χ4v) is 5.09. The van der Waals surface area contributed by atoms with Gasteiger partial charge >= 0.3 is 19.8 Å². The first-order valence-electron chi connectivity index (χ1n) is 16.8. The van der Waals surface area contributed by atoms with E-state index in [1.165, 1.54) is 51.4 Å². The van der Waals surface area contributed by atoms with E-state index in [1.54, 1.807) is 0 Å². The lowest BCUT2D eigenvalue weighted by Gasteiger charge is -2.19. The number of carbonyl (C=O) groups excluding carboxylic acids is 2. The van der Waals surface area contributed by atoms with Gasteiger partial charge in [-0.3, -0.25) is 18.6 Å². The molecule has 3 N–H and O–H groups in total. The number of esters is 2. The summed E-state index contributed by atoms with van der Waals surface area (Å²) in [5.41, 5.74) is 5.30. The Kier molecular flexibility index (Phi) is 29.4. The minimum Gasteiger partial charge on any atom is -0.462 e. The van der Waals surface area contributed by atoms with E-state index in [9.17, 15) is 19.0 Å². The summed E-state index contributed by atoms with van der Waals surface area (Å²) in [5.74, 6) is -0.855. The van der Waals surface area contributed by atoms with E-state index in [1.807, 2.05) is 0 Å². The monoisotopic (exact) mass is 631 g/mol. The van der Waals surface area contributed by atoms with Crippen LogP contribution in [0, 0.1) is 0 Å². The summed E-state index contributed by atoms with van der Waals surface area (Å²) in [7, 11) is -4.36. The van der Waals surface area contributed by atoms with Crippen LogP contribution in [0.5, 0.6) is 0 Å². The first kappa shape index (κ1) is 41.5. The molecule has 0 bridgehead atoms. The highest BCUT2D eigenvalue weighted by molar-refractivity contribution is 7.47. The van der Waals surface area contributed by atoms with Crippen LogP contribution in [0.25, 0.3) is 0 Å². The molecule has 1 unspecified atom stereocenters. The number of unbranched alkanes of at least 4 members (excludes halogenated alkanes) is 15. The van der Waals surface area contributed by atoms with Crippen molar-refractivity contribution in [3.05, 3.63) is 24.3 Å². The maximum absolute atomic E-state index is 12.4. The predicted octanol–water partition coefficient (Wildman–Crippen LogP) is 8.49. The second-order valence-corrected chi connectivity index (χ2v) is 12.5. The zero-order valence-electron chi connectivity index (χ0n) is 27.2. The molecule has 0 rings (SSSR count). The number of allylic oxidation sites excluding steroid dienone is 4. The van der Waals surface area contributed by atoms with Crippen LogP contribution in [0.4, 0.5) is 0 Å². The van der Waals surface area contributed by atoms with E-state index < -0.39 is 32.5 Å². The summed E-state index contributed by atoms with van der Waals surface area (Å²) in [6, 6.07) is 0. The first-order valence-corrected chi connectivity index (χ1v) is 18.3. The van der Waals surface area contributed by atoms with Crippen molar-refractivity contribution in [2.45, 2.75) is 148 Å². The summed E-state index contributed by atoms with van der Waals surface area (Å²) in [6.45, 7) is 3.61. The molecule has 0 radical (unpaired) electrons. The molecule has 0 saturated carbocycles. The van der Waals surface area contributed by atoms with Gasteiger partial charge in [0, 0.05) is 19.4 Å². The Morgan fingerprint density at radius 3 is 1.74 bits per heavy atom. The minimum atomic E-state index is -4.36. The molecule has 43 heavy (non-hydrogen) atoms. The maximum atomic E-state index is 12.4. The average molecular weight is 632 g/mol. The molecule has 0 aromatic carbocycles. The number of hydrogen-bond acceptors (Lipinski definition) is 8. The zero-order chi connectivity index (χ0) is 31.9. The Bertz CT molecular complexity index is 774. The van der Waals surface area contributed by atoms with Crippen molar-refractivity contribution in [2.75, 3.05) is 26.4 Å². The highest BCUT2D eigenvalue weighted by Crippen LogP contribution is 2.43. The molecule has 0 spiro atoms. The molecule has 2 atom stereocenters. The van der Waals surface area contributed by atoms with Gasteiger partial charge in [0.1, 0.15) is 6.61 Å². The molecule has 0 aromatic heterocycles. The molecular weight excluding hydrogens is 569 g/mol. The third-order valence-electron chi connectivity index (χ3n) is 6.87. The SMILES string of the molecule is CCCCCC/C=C/C=C/CCCCCCCC(=O)O[C@H](COC(=O)CCCCCCCCC)COP(=O)(O)OCCN. The molecule has 0 saturated heterocycles. The standard InChI is InChI=1S/C33H62NO8P/c1-3-5-7-9-11-12-13-14-15-16-17-18-20-22-24-26-33(36)42-31(30-41-43(37,38)40-28-27-34)29-39-32(35)25-23-21-19-10-8-6-4-2/h12-15,31H,3-11,16-30,34H2,1-2H3,(H,37,38)/b13-12+,15-14+/t31-/m1/s1. The summed E-state index contributed by atoms with van der Waals surface area (Å²) >= 11 is 0. The summed E-state index contributed by atoms with van der Waals surface area (Å²) in [4.78, 5) is 34.4. The van der Waals surface area contributed by atoms with Gasteiger partial charge < -0.3 is 20.1 Å². The number of ether oxygens (including phenoxy) is 2. The average Bonchev–Trinajstić information content (AvgIpc) is 2.99. The molecule has 0 aliphatic carbocycles. The normalized spacial score (nSPS) is 13.9. The molecule has 0 heterocycles. The Morgan fingerprint density at radius 1 is 0.698 bits per heavy atom. The summed E-state index contributed by atoms with van der Waals surface area (Å²) in [6.07, 6.45) is 28.0. The van der Waals surface area contributed by atoms with Crippen molar-refractivity contribution in [3.8, 4) is 0 Å². The molecule has 10 heteroatoms. The van der Waals surface area contributed by atoms with Crippen molar-refractivity contribution >= 4 is 19.8 Å². The summed E-state index contributed by atoms with van der Waals surface area (Å²) < 4.78 is 32.4. The number of rotatable bonds is 31. The van der Waals surface area contributed by atoms with Crippen LogP contribution < -0.4 is 5.73 Å². The van der Waals surface area contributed by atoms with Crippen molar-refractivity contribution in [2.24, 2.45) is 5.73 Å². The van der Waals surface area contributed by atoms with Gasteiger partial charge in [-0.2, -0.15) is 0 Å². The lowest BCUT2D eigenvalue weighted by molar-refractivity contribution is -0.161. The van der Waals surface area contributed by atoms with E-state index in [2.05, 4.69) is 38.2 Å². The molecule has 0 amide bonds. The second kappa shape index (κ2) is 30.5. The van der Waals surface area contributed by atoms with E-state index >= 15 is 0 Å². The van der Waals surface area contributed by atoms with Crippen molar-refractivity contribution in [3.63, 3.8) is 0 Å². The number of phosphoric ester groups is 1. The maximum Gasteiger partial charge on any atom is 0.472 e. The third kappa shape index (κ3) is 30.3. The van der Waals surface area contributed by atoms with Gasteiger partial charge in [0.2, 0.25) is 0 Å². The van der Waals surface area contributed by atoms with Gasteiger partial charge in [0.25, 0.3) is 0 Å². The van der Waals surface area contributed by atoms with Gasteiger partial charge in [-0.05, 0) is 38.5 Å². The number of phosphoric acid groups is 1.